The number of amides is 3. The van der Waals surface area contributed by atoms with Gasteiger partial charge >= 0.3 is 6.03 Å². The van der Waals surface area contributed by atoms with Gasteiger partial charge in [-0.25, -0.2) is 18.6 Å². The predicted octanol–water partition coefficient (Wildman–Crippen LogP) is 5.53. The molecule has 3 unspecified atom stereocenters. The van der Waals surface area contributed by atoms with Crippen LogP contribution in [0.4, 0.5) is 13.6 Å². The van der Waals surface area contributed by atoms with Crippen molar-refractivity contribution in [3.8, 4) is 6.07 Å². The van der Waals surface area contributed by atoms with Crippen molar-refractivity contribution >= 4 is 33.4 Å². The zero-order valence-corrected chi connectivity index (χ0v) is 26.7. The van der Waals surface area contributed by atoms with Crippen LogP contribution in [0, 0.1) is 24.1 Å². The molecule has 3 amide bonds. The Balaban J connectivity index is 2.01. The lowest BCUT2D eigenvalue weighted by atomic mass is 10.0. The number of carbonyl (C=O) groups is 2. The summed E-state index contributed by atoms with van der Waals surface area (Å²) in [7, 11) is 3.74. The number of urea groups is 1. The molecule has 0 saturated heterocycles. The van der Waals surface area contributed by atoms with E-state index in [1.54, 1.807) is 38.4 Å². The first-order valence-electron chi connectivity index (χ1n) is 14.2. The zero-order valence-electron chi connectivity index (χ0n) is 25.6. The average Bonchev–Trinajstić information content (AvgIpc) is 3.00. The van der Waals surface area contributed by atoms with E-state index < -0.39 is 17.8 Å². The molecule has 1 aliphatic carbocycles. The van der Waals surface area contributed by atoms with Crippen LogP contribution in [0.2, 0.25) is 0 Å². The first-order chi connectivity index (χ1) is 21.0. The molecule has 2 aliphatic rings. The van der Waals surface area contributed by atoms with E-state index in [2.05, 4.69) is 24.9 Å². The molecule has 9 nitrogen and oxygen atoms in total. The standard InChI is InChI=1S/C32H38F2N7O2P/c1-6-22-13-26(8-9-29(22)37-25(7-2)14-30(34)44)38-31(39-32(43)40(5)27-10-20(3)16-36-17-27)41(19-42)18-24-12-23(15-35)28(33)11-21(24)4/h6,8-13,17,19,25,30,36H,7,14,16,18,44H2,1-5H3,(H,38,39,43)/b22-6-,37-29?. The van der Waals surface area contributed by atoms with E-state index >= 15 is 0 Å². The van der Waals surface area contributed by atoms with Gasteiger partial charge in [0, 0.05) is 26.2 Å². The number of aliphatic imine (C=N–C) groups is 2. The minimum atomic E-state index is -1.06. The van der Waals surface area contributed by atoms with Gasteiger partial charge in [0.1, 0.15) is 17.8 Å². The molecule has 1 aromatic carbocycles. The third kappa shape index (κ3) is 9.04. The second-order valence-corrected chi connectivity index (χ2v) is 11.2. The molecule has 3 rings (SSSR count). The van der Waals surface area contributed by atoms with Gasteiger partial charge in [-0.1, -0.05) is 18.6 Å². The lowest BCUT2D eigenvalue weighted by Crippen LogP contribution is -2.48. The van der Waals surface area contributed by atoms with E-state index in [1.165, 1.54) is 21.9 Å². The number of guanidine groups is 1. The fourth-order valence-electron chi connectivity index (χ4n) is 4.49. The number of likely N-dealkylation sites (N-methyl/N-ethyl adjacent to an activating group) is 1. The maximum absolute atomic E-state index is 14.2. The highest BCUT2D eigenvalue weighted by atomic mass is 31.0. The Morgan fingerprint density at radius 3 is 2.66 bits per heavy atom. The molecule has 44 heavy (non-hydrogen) atoms. The summed E-state index contributed by atoms with van der Waals surface area (Å²) in [4.78, 5) is 37.8. The third-order valence-electron chi connectivity index (χ3n) is 7.07. The molecule has 0 aromatic heterocycles. The van der Waals surface area contributed by atoms with Gasteiger partial charge in [0.2, 0.25) is 12.4 Å². The van der Waals surface area contributed by atoms with Gasteiger partial charge in [0.25, 0.3) is 0 Å². The van der Waals surface area contributed by atoms with Gasteiger partial charge in [-0.05, 0) is 80.3 Å². The molecule has 2 N–H and O–H groups in total. The van der Waals surface area contributed by atoms with Gasteiger partial charge in [-0.2, -0.15) is 5.26 Å². The molecule has 0 radical (unpaired) electrons. The first kappa shape index (κ1) is 34.1. The fourth-order valence-corrected chi connectivity index (χ4v) is 4.80. The van der Waals surface area contributed by atoms with Crippen molar-refractivity contribution in [1.82, 2.24) is 20.4 Å². The summed E-state index contributed by atoms with van der Waals surface area (Å²) in [5.74, 6) is -1.80. The van der Waals surface area contributed by atoms with Crippen LogP contribution in [0.3, 0.4) is 0 Å². The number of dihydropyridines is 1. The van der Waals surface area contributed by atoms with Crippen LogP contribution in [0.1, 0.15) is 50.3 Å². The minimum Gasteiger partial charge on any atom is -0.385 e. The highest BCUT2D eigenvalue weighted by Crippen LogP contribution is 2.22. The van der Waals surface area contributed by atoms with Gasteiger partial charge in [-0.15, -0.1) is 9.24 Å². The zero-order chi connectivity index (χ0) is 32.4. The van der Waals surface area contributed by atoms with Crippen molar-refractivity contribution < 1.29 is 18.4 Å². The van der Waals surface area contributed by atoms with Crippen LogP contribution in [-0.4, -0.2) is 59.5 Å². The van der Waals surface area contributed by atoms with Crippen LogP contribution in [0.5, 0.6) is 0 Å². The fraction of sp³-hybridized carbons (Fsp3) is 0.344. The maximum atomic E-state index is 14.2. The number of carbonyl (C=O) groups excluding carboxylic acids is 2. The van der Waals surface area contributed by atoms with Crippen molar-refractivity contribution in [1.29, 1.82) is 5.26 Å². The second-order valence-electron chi connectivity index (χ2n) is 10.4. The number of nitrogens with zero attached hydrogens (tertiary/aromatic N) is 5. The molecule has 0 bridgehead atoms. The Hall–Kier alpha value is -4.42. The summed E-state index contributed by atoms with van der Waals surface area (Å²) in [6.45, 7) is 7.97. The van der Waals surface area contributed by atoms with Gasteiger partial charge < -0.3 is 5.32 Å². The number of hydrogen-bond donors (Lipinski definition) is 2. The van der Waals surface area contributed by atoms with Crippen molar-refractivity contribution in [2.24, 2.45) is 9.98 Å². The number of hydrogen-bond acceptors (Lipinski definition) is 6. The van der Waals surface area contributed by atoms with Crippen LogP contribution < -0.4 is 10.6 Å². The summed E-state index contributed by atoms with van der Waals surface area (Å²) in [5, 5.41) is 15.2. The Bertz CT molecular complexity index is 1530. The molecule has 3 atom stereocenters. The van der Waals surface area contributed by atoms with Gasteiger partial charge in [0.15, 0.2) is 0 Å². The molecular formula is C32H38F2N7O2P. The maximum Gasteiger partial charge on any atom is 0.328 e. The molecule has 0 saturated carbocycles. The largest absolute Gasteiger partial charge is 0.385 e. The van der Waals surface area contributed by atoms with Crippen LogP contribution in [0.25, 0.3) is 0 Å². The number of benzene rings is 1. The van der Waals surface area contributed by atoms with Crippen molar-refractivity contribution in [3.63, 3.8) is 0 Å². The van der Waals surface area contributed by atoms with E-state index in [9.17, 15) is 23.6 Å². The van der Waals surface area contributed by atoms with E-state index in [0.717, 1.165) is 11.1 Å². The van der Waals surface area contributed by atoms with Gasteiger partial charge in [-0.3, -0.25) is 24.9 Å². The van der Waals surface area contributed by atoms with E-state index in [0.29, 0.717) is 47.6 Å². The lowest BCUT2D eigenvalue weighted by Gasteiger charge is -2.26. The molecule has 1 aromatic rings. The Kier molecular flexibility index (Phi) is 12.3. The number of halogens is 2. The SMILES string of the molecule is C/C=C1/C=C(N=C(NC(=O)N(C)C2=CNCC(C)=C2)N(C=O)Cc2cc(C#N)c(F)cc2C)C=CC1=NC(CC)CC(F)P. The number of aryl methyl sites for hydroxylation is 1. The normalized spacial score (nSPS) is 18.0. The molecule has 1 aliphatic heterocycles. The Morgan fingerprint density at radius 2 is 2.05 bits per heavy atom. The summed E-state index contributed by atoms with van der Waals surface area (Å²) in [6.07, 6.45) is 12.1. The topological polar surface area (TPSA) is 113 Å². The summed E-state index contributed by atoms with van der Waals surface area (Å²) >= 11 is 0. The van der Waals surface area contributed by atoms with Crippen molar-refractivity contribution in [3.05, 3.63) is 93.8 Å². The van der Waals surface area contributed by atoms with Crippen molar-refractivity contribution in [2.45, 2.75) is 59.0 Å². The molecule has 12 heteroatoms. The highest BCUT2D eigenvalue weighted by molar-refractivity contribution is 7.17. The van der Waals surface area contributed by atoms with E-state index in [4.69, 9.17) is 4.99 Å². The van der Waals surface area contributed by atoms with E-state index in [1.807, 2.05) is 39.0 Å². The van der Waals surface area contributed by atoms with E-state index in [-0.39, 0.29) is 30.5 Å². The Morgan fingerprint density at radius 1 is 1.30 bits per heavy atom. The lowest BCUT2D eigenvalue weighted by molar-refractivity contribution is -0.115. The number of allylic oxidation sites excluding steroid dienone is 6. The smallest absolute Gasteiger partial charge is 0.328 e. The molecule has 232 valence electrons. The highest BCUT2D eigenvalue weighted by Gasteiger charge is 2.22. The number of nitrogens with one attached hydrogen (secondary N) is 2. The molecule has 0 spiro atoms. The van der Waals surface area contributed by atoms with Crippen LogP contribution >= 0.6 is 9.24 Å². The quantitative estimate of drug-likeness (QED) is 0.163. The van der Waals surface area contributed by atoms with Crippen LogP contribution in [-0.2, 0) is 11.3 Å². The van der Waals surface area contributed by atoms with Crippen molar-refractivity contribution in [2.75, 3.05) is 13.6 Å². The van der Waals surface area contributed by atoms with Gasteiger partial charge in [0.05, 0.1) is 35.3 Å². The predicted molar refractivity (Wildman–Crippen MR) is 173 cm³/mol. The number of nitriles is 1. The number of rotatable bonds is 9. The average molecular weight is 622 g/mol. The molecule has 0 fully saturated rings. The molecular weight excluding hydrogens is 583 g/mol. The minimum absolute atomic E-state index is 0.0781. The summed E-state index contributed by atoms with van der Waals surface area (Å²) in [6, 6.07) is 3.66. The first-order valence-corrected chi connectivity index (χ1v) is 14.8. The Labute approximate surface area is 259 Å². The second kappa shape index (κ2) is 15.9. The number of alkyl halides is 1. The van der Waals surface area contributed by atoms with Crippen LogP contribution in [0.15, 0.2) is 81.2 Å². The molecule has 1 heterocycles. The summed E-state index contributed by atoms with van der Waals surface area (Å²) in [5.41, 5.74) is 4.35. The third-order valence-corrected chi connectivity index (χ3v) is 7.34. The summed E-state index contributed by atoms with van der Waals surface area (Å²) < 4.78 is 27.8. The monoisotopic (exact) mass is 621 g/mol.